The number of nitrogens with zero attached hydrogens (tertiary/aromatic N) is 1. The maximum atomic E-state index is 11.2. The molecule has 0 radical (unpaired) electrons. The molecule has 0 saturated carbocycles. The smallest absolute Gasteiger partial charge is 0.238 e. The minimum Gasteiger partial charge on any atom is -0.292 e. The molecule has 4 nitrogen and oxygen atoms in total. The fourth-order valence-corrected chi connectivity index (χ4v) is 2.41. The first-order valence-electron chi connectivity index (χ1n) is 4.23. The molecule has 0 atom stereocenters. The highest BCUT2D eigenvalue weighted by molar-refractivity contribution is 7.89. The number of nitrogens with two attached hydrogens (primary N) is 1. The number of benzene rings is 1. The lowest BCUT2D eigenvalue weighted by atomic mass is 10.0. The van der Waals surface area contributed by atoms with Crippen LogP contribution in [0.15, 0.2) is 28.1 Å². The molecule has 5 heteroatoms. The van der Waals surface area contributed by atoms with Crippen LogP contribution in [0.25, 0.3) is 0 Å². The minimum atomic E-state index is -3.61. The summed E-state index contributed by atoms with van der Waals surface area (Å²) in [6, 6.07) is 5.05. The van der Waals surface area contributed by atoms with E-state index in [4.69, 9.17) is 5.14 Å². The third-order valence-electron chi connectivity index (χ3n) is 2.20. The number of rotatable bonds is 1. The van der Waals surface area contributed by atoms with Crippen LogP contribution in [0, 0.1) is 0 Å². The average molecular weight is 210 g/mol. The van der Waals surface area contributed by atoms with Gasteiger partial charge in [0.25, 0.3) is 0 Å². The number of sulfonamides is 1. The molecule has 0 spiro atoms. The third-order valence-corrected chi connectivity index (χ3v) is 3.19. The van der Waals surface area contributed by atoms with Crippen LogP contribution in [-0.2, 0) is 16.4 Å². The van der Waals surface area contributed by atoms with Gasteiger partial charge in [0.05, 0.1) is 4.90 Å². The Morgan fingerprint density at radius 1 is 1.36 bits per heavy atom. The molecule has 0 unspecified atom stereocenters. The lowest BCUT2D eigenvalue weighted by Gasteiger charge is -2.12. The Morgan fingerprint density at radius 2 is 2.14 bits per heavy atom. The molecule has 0 bridgehead atoms. The zero-order valence-corrected chi connectivity index (χ0v) is 8.29. The van der Waals surface area contributed by atoms with Gasteiger partial charge in [0, 0.05) is 12.8 Å². The van der Waals surface area contributed by atoms with Gasteiger partial charge in [-0.3, -0.25) is 4.99 Å². The standard InChI is InChI=1S/C9H10N2O2S/c10-14(12,13)9-3-1-2-7-6-11-5-4-8(7)9/h1-3,6H,4-5H2,(H2,10,12,13). The lowest BCUT2D eigenvalue weighted by molar-refractivity contribution is 0.596. The van der Waals surface area contributed by atoms with Crippen LogP contribution in [-0.4, -0.2) is 21.2 Å². The monoisotopic (exact) mass is 210 g/mol. The van der Waals surface area contributed by atoms with Crippen molar-refractivity contribution < 1.29 is 8.42 Å². The summed E-state index contributed by atoms with van der Waals surface area (Å²) >= 11 is 0. The summed E-state index contributed by atoms with van der Waals surface area (Å²) in [5, 5.41) is 5.11. The van der Waals surface area contributed by atoms with E-state index in [1.807, 2.05) is 6.07 Å². The topological polar surface area (TPSA) is 72.5 Å². The number of hydrogen-bond acceptors (Lipinski definition) is 3. The van der Waals surface area contributed by atoms with Crippen molar-refractivity contribution in [2.24, 2.45) is 10.1 Å². The van der Waals surface area contributed by atoms with Gasteiger partial charge in [0.2, 0.25) is 10.0 Å². The number of aliphatic imine (C=N–C) groups is 1. The van der Waals surface area contributed by atoms with Gasteiger partial charge in [0.1, 0.15) is 0 Å². The van der Waals surface area contributed by atoms with Crippen LogP contribution in [0.2, 0.25) is 0 Å². The van der Waals surface area contributed by atoms with E-state index in [-0.39, 0.29) is 4.90 Å². The molecule has 14 heavy (non-hydrogen) atoms. The van der Waals surface area contributed by atoms with Gasteiger partial charge in [0.15, 0.2) is 0 Å². The molecule has 1 heterocycles. The molecular weight excluding hydrogens is 200 g/mol. The third kappa shape index (κ3) is 1.56. The predicted octanol–water partition coefficient (Wildman–Crippen LogP) is 0.309. The molecule has 1 aliphatic heterocycles. The highest BCUT2D eigenvalue weighted by atomic mass is 32.2. The summed E-state index contributed by atoms with van der Waals surface area (Å²) in [4.78, 5) is 4.30. The van der Waals surface area contributed by atoms with E-state index in [1.165, 1.54) is 6.07 Å². The fourth-order valence-electron chi connectivity index (χ4n) is 1.58. The quantitative estimate of drug-likeness (QED) is 0.724. The zero-order valence-electron chi connectivity index (χ0n) is 7.47. The van der Waals surface area contributed by atoms with E-state index in [1.54, 1.807) is 12.3 Å². The van der Waals surface area contributed by atoms with E-state index in [0.29, 0.717) is 13.0 Å². The van der Waals surface area contributed by atoms with Crippen LogP contribution < -0.4 is 5.14 Å². The van der Waals surface area contributed by atoms with Crippen molar-refractivity contribution in [2.75, 3.05) is 6.54 Å². The second-order valence-electron chi connectivity index (χ2n) is 3.15. The minimum absolute atomic E-state index is 0.223. The molecule has 0 aromatic heterocycles. The van der Waals surface area contributed by atoms with Gasteiger partial charge < -0.3 is 0 Å². The maximum absolute atomic E-state index is 11.2. The Labute approximate surface area is 82.5 Å². The normalized spacial score (nSPS) is 15.2. The van der Waals surface area contributed by atoms with Crippen LogP contribution in [0.1, 0.15) is 11.1 Å². The first kappa shape index (κ1) is 9.36. The molecule has 74 valence electrons. The van der Waals surface area contributed by atoms with Crippen molar-refractivity contribution in [1.29, 1.82) is 0 Å². The van der Waals surface area contributed by atoms with Crippen molar-refractivity contribution in [2.45, 2.75) is 11.3 Å². The summed E-state index contributed by atoms with van der Waals surface area (Å²) in [5.41, 5.74) is 1.63. The largest absolute Gasteiger partial charge is 0.292 e. The Hall–Kier alpha value is -1.20. The fraction of sp³-hybridized carbons (Fsp3) is 0.222. The van der Waals surface area contributed by atoms with Crippen molar-refractivity contribution in [1.82, 2.24) is 0 Å². The SMILES string of the molecule is NS(=O)(=O)c1cccc2c1CCN=C2. The van der Waals surface area contributed by atoms with E-state index in [0.717, 1.165) is 11.1 Å². The van der Waals surface area contributed by atoms with Crippen LogP contribution in [0.4, 0.5) is 0 Å². The van der Waals surface area contributed by atoms with Crippen LogP contribution in [0.3, 0.4) is 0 Å². The van der Waals surface area contributed by atoms with Gasteiger partial charge in [-0.15, -0.1) is 0 Å². The van der Waals surface area contributed by atoms with Crippen molar-refractivity contribution in [3.8, 4) is 0 Å². The average Bonchev–Trinajstić information content (AvgIpc) is 2.15. The molecule has 2 rings (SSSR count). The Bertz CT molecular complexity index is 492. The van der Waals surface area contributed by atoms with Crippen molar-refractivity contribution in [3.63, 3.8) is 0 Å². The molecule has 1 aromatic carbocycles. The Morgan fingerprint density at radius 3 is 2.86 bits per heavy atom. The molecule has 0 aliphatic carbocycles. The van der Waals surface area contributed by atoms with Crippen molar-refractivity contribution >= 4 is 16.2 Å². The molecule has 0 amide bonds. The Balaban J connectivity index is 2.69. The molecule has 1 aliphatic rings. The Kier molecular flexibility index (Phi) is 2.13. The second-order valence-corrected chi connectivity index (χ2v) is 4.68. The molecule has 2 N–H and O–H groups in total. The highest BCUT2D eigenvalue weighted by Crippen LogP contribution is 2.20. The summed E-state index contributed by atoms with van der Waals surface area (Å²) < 4.78 is 22.5. The van der Waals surface area contributed by atoms with Gasteiger partial charge >= 0.3 is 0 Å². The van der Waals surface area contributed by atoms with Gasteiger partial charge in [-0.1, -0.05) is 12.1 Å². The molecular formula is C9H10N2O2S. The summed E-state index contributed by atoms with van der Waals surface area (Å²) in [7, 11) is -3.61. The lowest BCUT2D eigenvalue weighted by Crippen LogP contribution is -2.17. The van der Waals surface area contributed by atoms with E-state index in [2.05, 4.69) is 4.99 Å². The van der Waals surface area contributed by atoms with Gasteiger partial charge in [-0.05, 0) is 23.6 Å². The number of hydrogen-bond donors (Lipinski definition) is 1. The van der Waals surface area contributed by atoms with Crippen LogP contribution >= 0.6 is 0 Å². The summed E-state index contributed by atoms with van der Waals surface area (Å²) in [6.45, 7) is 0.625. The summed E-state index contributed by atoms with van der Waals surface area (Å²) in [6.07, 6.45) is 2.33. The second kappa shape index (κ2) is 3.18. The molecule has 1 aromatic rings. The number of fused-ring (bicyclic) bond motifs is 1. The molecule has 0 fully saturated rings. The van der Waals surface area contributed by atoms with Gasteiger partial charge in [-0.2, -0.15) is 0 Å². The first-order chi connectivity index (χ1) is 6.59. The summed E-state index contributed by atoms with van der Waals surface area (Å²) in [5.74, 6) is 0. The molecule has 0 saturated heterocycles. The maximum Gasteiger partial charge on any atom is 0.238 e. The first-order valence-corrected chi connectivity index (χ1v) is 5.78. The van der Waals surface area contributed by atoms with Crippen molar-refractivity contribution in [3.05, 3.63) is 29.3 Å². The van der Waals surface area contributed by atoms with E-state index in [9.17, 15) is 8.42 Å². The number of primary sulfonamides is 1. The van der Waals surface area contributed by atoms with E-state index >= 15 is 0 Å². The van der Waals surface area contributed by atoms with E-state index < -0.39 is 10.0 Å². The highest BCUT2D eigenvalue weighted by Gasteiger charge is 2.17. The van der Waals surface area contributed by atoms with Gasteiger partial charge in [-0.25, -0.2) is 13.6 Å². The van der Waals surface area contributed by atoms with Crippen LogP contribution in [0.5, 0.6) is 0 Å². The zero-order chi connectivity index (χ0) is 10.2. The predicted molar refractivity (Wildman–Crippen MR) is 54.0 cm³/mol.